The van der Waals surface area contributed by atoms with E-state index in [9.17, 15) is 0 Å². The van der Waals surface area contributed by atoms with Gasteiger partial charge in [-0.05, 0) is 12.1 Å². The highest BCUT2D eigenvalue weighted by Gasteiger charge is 1.83. The molecule has 0 amide bonds. The molecule has 1 nitrogen and oxygen atoms in total. The zero-order valence-electron chi connectivity index (χ0n) is 4.26. The van der Waals surface area contributed by atoms with Crippen LogP contribution in [0, 0.1) is 6.07 Å². The molecule has 0 saturated carbocycles. The van der Waals surface area contributed by atoms with Crippen LogP contribution in [0.4, 0.5) is 5.69 Å². The lowest BCUT2D eigenvalue weighted by Gasteiger charge is -1.89. The highest BCUT2D eigenvalue weighted by Crippen LogP contribution is 2.07. The molecule has 0 aliphatic carbocycles. The van der Waals surface area contributed by atoms with Crippen molar-refractivity contribution in [2.24, 2.45) is 0 Å². The largest absolute Gasteiger partial charge is 0.398 e. The molecule has 41 valence electrons. The van der Waals surface area contributed by atoms with Gasteiger partial charge in [0.2, 0.25) is 0 Å². The van der Waals surface area contributed by atoms with Crippen molar-refractivity contribution < 1.29 is 0 Å². The molecule has 0 aromatic heterocycles. The minimum atomic E-state index is 0.637. The van der Waals surface area contributed by atoms with Gasteiger partial charge in [0.05, 0.1) is 0 Å². The molecule has 0 aliphatic heterocycles. The van der Waals surface area contributed by atoms with E-state index in [0.717, 1.165) is 4.90 Å². The Morgan fingerprint density at radius 1 is 1.50 bits per heavy atom. The highest BCUT2D eigenvalue weighted by molar-refractivity contribution is 7.80. The Balaban J connectivity index is 3.08. The summed E-state index contributed by atoms with van der Waals surface area (Å²) < 4.78 is 0. The van der Waals surface area contributed by atoms with Gasteiger partial charge in [-0.25, -0.2) is 0 Å². The molecule has 1 aromatic rings. The summed E-state index contributed by atoms with van der Waals surface area (Å²) in [5, 5.41) is 0. The van der Waals surface area contributed by atoms with Crippen molar-refractivity contribution in [2.75, 3.05) is 5.73 Å². The molecule has 0 spiro atoms. The maximum Gasteiger partial charge on any atom is 0.0406 e. The van der Waals surface area contributed by atoms with Gasteiger partial charge < -0.3 is 5.73 Å². The third-order valence-corrected chi connectivity index (χ3v) is 1.06. The van der Waals surface area contributed by atoms with Crippen molar-refractivity contribution >= 4 is 18.3 Å². The lowest BCUT2D eigenvalue weighted by molar-refractivity contribution is 1.46. The first-order valence-corrected chi connectivity index (χ1v) is 2.70. The van der Waals surface area contributed by atoms with Crippen molar-refractivity contribution in [3.8, 4) is 0 Å². The molecule has 0 unspecified atom stereocenters. The van der Waals surface area contributed by atoms with Crippen LogP contribution in [0.3, 0.4) is 0 Å². The maximum absolute atomic E-state index is 5.35. The Bertz CT molecular complexity index is 168. The minimum absolute atomic E-state index is 0.637. The number of rotatable bonds is 0. The van der Waals surface area contributed by atoms with E-state index < -0.39 is 0 Å². The van der Waals surface area contributed by atoms with Crippen LogP contribution in [-0.2, 0) is 0 Å². The number of anilines is 1. The Hall–Kier alpha value is -0.630. The van der Waals surface area contributed by atoms with Gasteiger partial charge in [0.15, 0.2) is 0 Å². The third-order valence-electron chi connectivity index (χ3n) is 0.802. The first-order valence-electron chi connectivity index (χ1n) is 2.26. The van der Waals surface area contributed by atoms with E-state index in [1.807, 2.05) is 12.1 Å². The fourth-order valence-electron chi connectivity index (χ4n) is 0.474. The average Bonchev–Trinajstić information content (AvgIpc) is 1.64. The quantitative estimate of drug-likeness (QED) is 0.396. The van der Waals surface area contributed by atoms with E-state index in [1.165, 1.54) is 0 Å². The highest BCUT2D eigenvalue weighted by atomic mass is 32.1. The predicted octanol–water partition coefficient (Wildman–Crippen LogP) is 1.36. The molecule has 1 rings (SSSR count). The molecular formula is C6H6NS. The first kappa shape index (κ1) is 5.51. The summed E-state index contributed by atoms with van der Waals surface area (Å²) in [5.74, 6) is 0. The van der Waals surface area contributed by atoms with Crippen LogP contribution in [0.1, 0.15) is 0 Å². The van der Waals surface area contributed by atoms with Gasteiger partial charge in [-0.2, -0.15) is 0 Å². The molecule has 1 aromatic carbocycles. The second-order valence-electron chi connectivity index (χ2n) is 1.49. The maximum atomic E-state index is 5.35. The number of benzene rings is 1. The van der Waals surface area contributed by atoms with Crippen molar-refractivity contribution in [1.29, 1.82) is 0 Å². The summed E-state index contributed by atoms with van der Waals surface area (Å²) in [4.78, 5) is 0.782. The van der Waals surface area contributed by atoms with Crippen molar-refractivity contribution in [1.82, 2.24) is 0 Å². The van der Waals surface area contributed by atoms with Gasteiger partial charge in [-0.1, -0.05) is 6.07 Å². The van der Waals surface area contributed by atoms with Crippen molar-refractivity contribution in [3.63, 3.8) is 0 Å². The van der Waals surface area contributed by atoms with Gasteiger partial charge in [-0.15, -0.1) is 12.6 Å². The zero-order chi connectivity index (χ0) is 5.98. The van der Waals surface area contributed by atoms with Crippen LogP contribution in [0.2, 0.25) is 0 Å². The molecule has 2 N–H and O–H groups in total. The molecule has 2 heteroatoms. The molecule has 1 radical (unpaired) electrons. The van der Waals surface area contributed by atoms with Gasteiger partial charge in [-0.3, -0.25) is 0 Å². The lowest BCUT2D eigenvalue weighted by atomic mass is 10.3. The summed E-state index contributed by atoms with van der Waals surface area (Å²) >= 11 is 4.02. The SMILES string of the molecule is Nc1[c]c(S)ccc1. The van der Waals surface area contributed by atoms with E-state index in [1.54, 1.807) is 6.07 Å². The monoisotopic (exact) mass is 124 g/mol. The normalized spacial score (nSPS) is 9.12. The smallest absolute Gasteiger partial charge is 0.0406 e. The number of nitrogen functional groups attached to an aromatic ring is 1. The van der Waals surface area contributed by atoms with Crippen LogP contribution >= 0.6 is 12.6 Å². The molecule has 0 fully saturated rings. The van der Waals surface area contributed by atoms with Gasteiger partial charge >= 0.3 is 0 Å². The van der Waals surface area contributed by atoms with Crippen LogP contribution in [0.15, 0.2) is 23.1 Å². The average molecular weight is 124 g/mol. The molecule has 0 atom stereocenters. The Morgan fingerprint density at radius 3 is 2.62 bits per heavy atom. The lowest BCUT2D eigenvalue weighted by Crippen LogP contribution is -1.82. The van der Waals surface area contributed by atoms with Crippen molar-refractivity contribution in [2.45, 2.75) is 4.90 Å². The van der Waals surface area contributed by atoms with Crippen LogP contribution in [-0.4, -0.2) is 0 Å². The fraction of sp³-hybridized carbons (Fsp3) is 0. The van der Waals surface area contributed by atoms with Crippen LogP contribution in [0.5, 0.6) is 0 Å². The molecule has 0 saturated heterocycles. The third kappa shape index (κ3) is 1.17. The van der Waals surface area contributed by atoms with E-state index in [-0.39, 0.29) is 0 Å². The number of nitrogens with two attached hydrogens (primary N) is 1. The molecule has 0 aliphatic rings. The van der Waals surface area contributed by atoms with Gasteiger partial charge in [0.1, 0.15) is 0 Å². The van der Waals surface area contributed by atoms with Gasteiger partial charge in [0.25, 0.3) is 0 Å². The predicted molar refractivity (Wildman–Crippen MR) is 36.9 cm³/mol. The number of thiol groups is 1. The van der Waals surface area contributed by atoms with Crippen LogP contribution < -0.4 is 5.73 Å². The second kappa shape index (κ2) is 2.09. The number of hydrogen-bond acceptors (Lipinski definition) is 2. The number of hydrogen-bond donors (Lipinski definition) is 2. The van der Waals surface area contributed by atoms with Crippen molar-refractivity contribution in [3.05, 3.63) is 24.3 Å². The Morgan fingerprint density at radius 2 is 2.25 bits per heavy atom. The molecule has 0 bridgehead atoms. The summed E-state index contributed by atoms with van der Waals surface area (Å²) in [6.07, 6.45) is 0. The van der Waals surface area contributed by atoms with E-state index >= 15 is 0 Å². The topological polar surface area (TPSA) is 26.0 Å². The standard InChI is InChI=1S/C6H6NS/c7-5-2-1-3-6(8)4-5/h1-3,8H,7H2. The summed E-state index contributed by atoms with van der Waals surface area (Å²) in [7, 11) is 0. The zero-order valence-corrected chi connectivity index (χ0v) is 5.15. The van der Waals surface area contributed by atoms with Crippen LogP contribution in [0.25, 0.3) is 0 Å². The summed E-state index contributed by atoms with van der Waals surface area (Å²) in [6.45, 7) is 0. The van der Waals surface area contributed by atoms with E-state index in [2.05, 4.69) is 18.7 Å². The fourth-order valence-corrected chi connectivity index (χ4v) is 0.689. The first-order chi connectivity index (χ1) is 3.79. The molecule has 8 heavy (non-hydrogen) atoms. The Labute approximate surface area is 53.9 Å². The summed E-state index contributed by atoms with van der Waals surface area (Å²) in [6, 6.07) is 8.26. The molecule has 0 heterocycles. The van der Waals surface area contributed by atoms with E-state index in [0.29, 0.717) is 5.69 Å². The van der Waals surface area contributed by atoms with E-state index in [4.69, 9.17) is 5.73 Å². The van der Waals surface area contributed by atoms with Gasteiger partial charge in [0, 0.05) is 16.6 Å². The Kier molecular flexibility index (Phi) is 1.44. The second-order valence-corrected chi connectivity index (χ2v) is 1.97. The molecular weight excluding hydrogens is 118 g/mol. The minimum Gasteiger partial charge on any atom is -0.398 e. The summed E-state index contributed by atoms with van der Waals surface area (Å²) in [5.41, 5.74) is 5.99.